The Morgan fingerprint density at radius 1 is 1.26 bits per heavy atom. The van der Waals surface area contributed by atoms with E-state index in [1.54, 1.807) is 23.9 Å². The van der Waals surface area contributed by atoms with Crippen LogP contribution in [0.3, 0.4) is 0 Å². The highest BCUT2D eigenvalue weighted by Crippen LogP contribution is 2.22. The first-order valence-corrected chi connectivity index (χ1v) is 8.05. The summed E-state index contributed by atoms with van der Waals surface area (Å²) in [4.78, 5) is 31.5. The fourth-order valence-corrected chi connectivity index (χ4v) is 3.27. The highest BCUT2D eigenvalue weighted by atomic mass is 16.2. The predicted octanol–water partition coefficient (Wildman–Crippen LogP) is 2.42. The molecule has 23 heavy (non-hydrogen) atoms. The van der Waals surface area contributed by atoms with E-state index < -0.39 is 0 Å². The summed E-state index contributed by atoms with van der Waals surface area (Å²) in [6, 6.07) is 8.00. The SMILES string of the molecule is Cc1ccc2[nH]c(C(=O)N3CCCC(C(=O)N(C)C)C3)cc2c1. The largest absolute Gasteiger partial charge is 0.351 e. The molecule has 0 spiro atoms. The van der Waals surface area contributed by atoms with Crippen molar-refractivity contribution in [1.29, 1.82) is 0 Å². The smallest absolute Gasteiger partial charge is 0.270 e. The number of rotatable bonds is 2. The topological polar surface area (TPSA) is 56.4 Å². The van der Waals surface area contributed by atoms with E-state index in [2.05, 4.69) is 11.1 Å². The van der Waals surface area contributed by atoms with E-state index in [0.29, 0.717) is 18.8 Å². The Balaban J connectivity index is 1.79. The highest BCUT2D eigenvalue weighted by molar-refractivity contribution is 5.98. The number of aromatic amines is 1. The van der Waals surface area contributed by atoms with Gasteiger partial charge in [0.25, 0.3) is 5.91 Å². The van der Waals surface area contributed by atoms with Crippen molar-refractivity contribution in [1.82, 2.24) is 14.8 Å². The molecule has 0 radical (unpaired) electrons. The average molecular weight is 313 g/mol. The van der Waals surface area contributed by atoms with Crippen LogP contribution in [0.1, 0.15) is 28.9 Å². The molecule has 1 aliphatic rings. The van der Waals surface area contributed by atoms with Crippen LogP contribution in [0, 0.1) is 12.8 Å². The first-order valence-electron chi connectivity index (χ1n) is 8.05. The van der Waals surface area contributed by atoms with Crippen LogP contribution in [0.5, 0.6) is 0 Å². The van der Waals surface area contributed by atoms with Crippen LogP contribution >= 0.6 is 0 Å². The zero-order chi connectivity index (χ0) is 16.6. The maximum atomic E-state index is 12.8. The molecule has 2 amide bonds. The van der Waals surface area contributed by atoms with Gasteiger partial charge in [0.1, 0.15) is 5.69 Å². The number of carbonyl (C=O) groups excluding carboxylic acids is 2. The molecule has 5 heteroatoms. The van der Waals surface area contributed by atoms with Gasteiger partial charge in [0, 0.05) is 38.1 Å². The Labute approximate surface area is 136 Å². The number of likely N-dealkylation sites (tertiary alicyclic amines) is 1. The zero-order valence-corrected chi connectivity index (χ0v) is 13.9. The minimum Gasteiger partial charge on any atom is -0.351 e. The van der Waals surface area contributed by atoms with Crippen molar-refractivity contribution >= 4 is 22.7 Å². The maximum Gasteiger partial charge on any atom is 0.270 e. The molecule has 122 valence electrons. The average Bonchev–Trinajstić information content (AvgIpc) is 2.96. The van der Waals surface area contributed by atoms with Crippen molar-refractivity contribution in [2.24, 2.45) is 5.92 Å². The van der Waals surface area contributed by atoms with Crippen molar-refractivity contribution in [2.75, 3.05) is 27.2 Å². The summed E-state index contributed by atoms with van der Waals surface area (Å²) < 4.78 is 0. The number of carbonyl (C=O) groups is 2. The first-order chi connectivity index (χ1) is 11.0. The molecule has 3 rings (SSSR count). The summed E-state index contributed by atoms with van der Waals surface area (Å²) in [7, 11) is 3.53. The summed E-state index contributed by atoms with van der Waals surface area (Å²) in [5.41, 5.74) is 2.74. The number of hydrogen-bond acceptors (Lipinski definition) is 2. The quantitative estimate of drug-likeness (QED) is 0.925. The van der Waals surface area contributed by atoms with Crippen LogP contribution in [0.15, 0.2) is 24.3 Å². The summed E-state index contributed by atoms with van der Waals surface area (Å²) in [5.74, 6) is -0.000737. The van der Waals surface area contributed by atoms with Crippen LogP contribution in [-0.2, 0) is 4.79 Å². The lowest BCUT2D eigenvalue weighted by Crippen LogP contribution is -2.45. The minimum absolute atomic E-state index is 0.0184. The van der Waals surface area contributed by atoms with Gasteiger partial charge < -0.3 is 14.8 Å². The molecule has 1 unspecified atom stereocenters. The Morgan fingerprint density at radius 3 is 2.78 bits per heavy atom. The molecule has 2 aromatic rings. The Hall–Kier alpha value is -2.30. The lowest BCUT2D eigenvalue weighted by molar-refractivity contribution is -0.134. The number of nitrogens with one attached hydrogen (secondary N) is 1. The Kier molecular flexibility index (Phi) is 4.11. The molecular formula is C18H23N3O2. The van der Waals surface area contributed by atoms with Gasteiger partial charge in [-0.2, -0.15) is 0 Å². The van der Waals surface area contributed by atoms with Crippen LogP contribution in [0.4, 0.5) is 0 Å². The van der Waals surface area contributed by atoms with Gasteiger partial charge in [-0.15, -0.1) is 0 Å². The number of aryl methyl sites for hydroxylation is 1. The predicted molar refractivity (Wildman–Crippen MR) is 90.4 cm³/mol. The van der Waals surface area contributed by atoms with Gasteiger partial charge in [-0.25, -0.2) is 0 Å². The minimum atomic E-state index is -0.0886. The molecule has 5 nitrogen and oxygen atoms in total. The molecular weight excluding hydrogens is 290 g/mol. The molecule has 1 aliphatic heterocycles. The molecule has 0 aliphatic carbocycles. The molecule has 1 aromatic carbocycles. The number of hydrogen-bond donors (Lipinski definition) is 1. The van der Waals surface area contributed by atoms with E-state index in [1.165, 1.54) is 5.56 Å². The number of aromatic nitrogens is 1. The summed E-state index contributed by atoms with van der Waals surface area (Å²) in [5, 5.41) is 1.05. The Bertz CT molecular complexity index is 748. The van der Waals surface area contributed by atoms with Gasteiger partial charge in [0.2, 0.25) is 5.91 Å². The first kappa shape index (κ1) is 15.6. The molecule has 1 aromatic heterocycles. The number of nitrogens with zero attached hydrogens (tertiary/aromatic N) is 2. The van der Waals surface area contributed by atoms with Gasteiger partial charge in [0.05, 0.1) is 5.92 Å². The molecule has 0 saturated carbocycles. The molecule has 1 saturated heterocycles. The Morgan fingerprint density at radius 2 is 2.04 bits per heavy atom. The fourth-order valence-electron chi connectivity index (χ4n) is 3.27. The summed E-state index contributed by atoms with van der Waals surface area (Å²) in [6.07, 6.45) is 1.72. The van der Waals surface area contributed by atoms with Gasteiger partial charge in [-0.3, -0.25) is 9.59 Å². The van der Waals surface area contributed by atoms with Gasteiger partial charge in [-0.1, -0.05) is 11.6 Å². The van der Waals surface area contributed by atoms with Crippen molar-refractivity contribution in [3.05, 3.63) is 35.5 Å². The molecule has 0 bridgehead atoms. The second-order valence-corrected chi connectivity index (χ2v) is 6.60. The van der Waals surface area contributed by atoms with Crippen LogP contribution in [0.25, 0.3) is 10.9 Å². The van der Waals surface area contributed by atoms with Gasteiger partial charge >= 0.3 is 0 Å². The number of benzene rings is 1. The third-order valence-electron chi connectivity index (χ3n) is 4.51. The molecule has 2 heterocycles. The van der Waals surface area contributed by atoms with E-state index in [9.17, 15) is 9.59 Å². The summed E-state index contributed by atoms with van der Waals surface area (Å²) in [6.45, 7) is 3.25. The third-order valence-corrected chi connectivity index (χ3v) is 4.51. The lowest BCUT2D eigenvalue weighted by Gasteiger charge is -2.33. The van der Waals surface area contributed by atoms with Crippen molar-refractivity contribution < 1.29 is 9.59 Å². The number of amides is 2. The van der Waals surface area contributed by atoms with Crippen LogP contribution < -0.4 is 0 Å². The molecule has 1 fully saturated rings. The standard InChI is InChI=1S/C18H23N3O2/c1-12-6-7-15-14(9-12)10-16(19-15)18(23)21-8-4-5-13(11-21)17(22)20(2)3/h6-7,9-10,13,19H,4-5,8,11H2,1-3H3. The zero-order valence-electron chi connectivity index (χ0n) is 13.9. The fraction of sp³-hybridized carbons (Fsp3) is 0.444. The lowest BCUT2D eigenvalue weighted by atomic mass is 9.96. The van der Waals surface area contributed by atoms with Crippen molar-refractivity contribution in [3.8, 4) is 0 Å². The normalized spacial score (nSPS) is 18.2. The number of piperidine rings is 1. The van der Waals surface area contributed by atoms with E-state index >= 15 is 0 Å². The number of H-pyrrole nitrogens is 1. The van der Waals surface area contributed by atoms with E-state index in [-0.39, 0.29) is 17.7 Å². The number of fused-ring (bicyclic) bond motifs is 1. The monoisotopic (exact) mass is 313 g/mol. The third kappa shape index (κ3) is 3.09. The van der Waals surface area contributed by atoms with Crippen molar-refractivity contribution in [2.45, 2.75) is 19.8 Å². The van der Waals surface area contributed by atoms with Crippen LogP contribution in [0.2, 0.25) is 0 Å². The van der Waals surface area contributed by atoms with Crippen LogP contribution in [-0.4, -0.2) is 53.8 Å². The van der Waals surface area contributed by atoms with E-state index in [4.69, 9.17) is 0 Å². The maximum absolute atomic E-state index is 12.8. The van der Waals surface area contributed by atoms with E-state index in [1.807, 2.05) is 25.1 Å². The van der Waals surface area contributed by atoms with Crippen molar-refractivity contribution in [3.63, 3.8) is 0 Å². The second-order valence-electron chi connectivity index (χ2n) is 6.60. The second kappa shape index (κ2) is 6.07. The van der Waals surface area contributed by atoms with E-state index in [0.717, 1.165) is 23.7 Å². The van der Waals surface area contributed by atoms with Gasteiger partial charge in [0.15, 0.2) is 0 Å². The summed E-state index contributed by atoms with van der Waals surface area (Å²) >= 11 is 0. The molecule has 1 N–H and O–H groups in total. The molecule has 1 atom stereocenters. The highest BCUT2D eigenvalue weighted by Gasteiger charge is 2.30. The van der Waals surface area contributed by atoms with Gasteiger partial charge in [-0.05, 0) is 38.0 Å².